The number of carbonyl (C=O) groups excluding carboxylic acids is 1. The van der Waals surface area contributed by atoms with Crippen molar-refractivity contribution in [2.75, 3.05) is 13.1 Å². The minimum Gasteiger partial charge on any atom is -0.338 e. The molecule has 2 N–H and O–H groups in total. The van der Waals surface area contributed by atoms with E-state index in [2.05, 4.69) is 18.7 Å². The van der Waals surface area contributed by atoms with Crippen molar-refractivity contribution < 1.29 is 4.79 Å². The predicted octanol–water partition coefficient (Wildman–Crippen LogP) is 1.23. The lowest BCUT2D eigenvalue weighted by atomic mass is 9.90. The number of likely N-dealkylation sites (tertiary alicyclic amines) is 1. The molecule has 0 radical (unpaired) electrons. The van der Waals surface area contributed by atoms with Crippen LogP contribution in [0.25, 0.3) is 0 Å². The number of piperidine rings is 1. The summed E-state index contributed by atoms with van der Waals surface area (Å²) in [5, 5.41) is 0. The van der Waals surface area contributed by atoms with Crippen LogP contribution in [-0.2, 0) is 4.79 Å². The molecule has 0 aromatic carbocycles. The molecule has 1 saturated heterocycles. The van der Waals surface area contributed by atoms with Crippen molar-refractivity contribution >= 4 is 5.91 Å². The molecule has 0 bridgehead atoms. The van der Waals surface area contributed by atoms with Gasteiger partial charge in [-0.05, 0) is 31.1 Å². The normalized spacial score (nSPS) is 40.3. The van der Waals surface area contributed by atoms with Crippen LogP contribution in [0.5, 0.6) is 0 Å². The largest absolute Gasteiger partial charge is 0.338 e. The highest BCUT2D eigenvalue weighted by Gasteiger charge is 2.44. The van der Waals surface area contributed by atoms with Gasteiger partial charge < -0.3 is 10.6 Å². The third-order valence-electron chi connectivity index (χ3n) is 4.07. The molecule has 3 nitrogen and oxygen atoms in total. The molecule has 1 saturated carbocycles. The first-order chi connectivity index (χ1) is 7.15. The molecule has 0 spiro atoms. The van der Waals surface area contributed by atoms with E-state index in [9.17, 15) is 4.79 Å². The zero-order valence-corrected chi connectivity index (χ0v) is 9.78. The van der Waals surface area contributed by atoms with E-state index in [1.807, 2.05) is 0 Å². The van der Waals surface area contributed by atoms with Crippen LogP contribution in [0.1, 0.15) is 33.1 Å². The third kappa shape index (κ3) is 2.03. The van der Waals surface area contributed by atoms with Gasteiger partial charge in [0.2, 0.25) is 5.91 Å². The van der Waals surface area contributed by atoms with Crippen LogP contribution in [0.3, 0.4) is 0 Å². The van der Waals surface area contributed by atoms with E-state index in [4.69, 9.17) is 5.73 Å². The highest BCUT2D eigenvalue weighted by atomic mass is 16.2. The van der Waals surface area contributed by atoms with Crippen LogP contribution < -0.4 is 5.73 Å². The quantitative estimate of drug-likeness (QED) is 0.745. The number of hydrogen-bond acceptors (Lipinski definition) is 2. The summed E-state index contributed by atoms with van der Waals surface area (Å²) in [5.74, 6) is 1.85. The van der Waals surface area contributed by atoms with Crippen LogP contribution in [0, 0.1) is 17.8 Å². The summed E-state index contributed by atoms with van der Waals surface area (Å²) in [6, 6.07) is 0.291. The molecule has 0 aromatic rings. The van der Waals surface area contributed by atoms with Gasteiger partial charge in [-0.1, -0.05) is 13.8 Å². The Bertz CT molecular complexity index is 254. The Morgan fingerprint density at radius 1 is 1.40 bits per heavy atom. The molecule has 2 rings (SSSR count). The fourth-order valence-corrected chi connectivity index (χ4v) is 2.76. The molecule has 86 valence electrons. The Labute approximate surface area is 92.0 Å². The second kappa shape index (κ2) is 4.12. The van der Waals surface area contributed by atoms with Crippen molar-refractivity contribution in [3.05, 3.63) is 0 Å². The molecule has 1 amide bonds. The molecule has 15 heavy (non-hydrogen) atoms. The average Bonchev–Trinajstić information content (AvgIpc) is 2.94. The van der Waals surface area contributed by atoms with Crippen LogP contribution in [0.15, 0.2) is 0 Å². The average molecular weight is 210 g/mol. The standard InChI is InChI=1S/C12H22N2O/c1-8-4-3-5-14(11(8)7-13)12(15)10-6-9(10)2/h8-11H,3-7,13H2,1-2H3/t8-,9-,10+,11+/m1/s1. The highest BCUT2D eigenvalue weighted by molar-refractivity contribution is 5.82. The lowest BCUT2D eigenvalue weighted by molar-refractivity contribution is -0.137. The fraction of sp³-hybridized carbons (Fsp3) is 0.917. The monoisotopic (exact) mass is 210 g/mol. The molecule has 3 heteroatoms. The van der Waals surface area contributed by atoms with E-state index in [1.165, 1.54) is 6.42 Å². The van der Waals surface area contributed by atoms with Crippen molar-refractivity contribution in [1.29, 1.82) is 0 Å². The van der Waals surface area contributed by atoms with Crippen molar-refractivity contribution in [3.8, 4) is 0 Å². The summed E-state index contributed by atoms with van der Waals surface area (Å²) >= 11 is 0. The number of nitrogens with two attached hydrogens (primary N) is 1. The van der Waals surface area contributed by atoms with Crippen LogP contribution in [-0.4, -0.2) is 29.9 Å². The molecule has 0 unspecified atom stereocenters. The lowest BCUT2D eigenvalue weighted by Crippen LogP contribution is -2.52. The number of amides is 1. The molecule has 0 aromatic heterocycles. The first kappa shape index (κ1) is 10.9. The van der Waals surface area contributed by atoms with Crippen LogP contribution >= 0.6 is 0 Å². The predicted molar refractivity (Wildman–Crippen MR) is 60.2 cm³/mol. The van der Waals surface area contributed by atoms with E-state index in [0.29, 0.717) is 36.2 Å². The van der Waals surface area contributed by atoms with Gasteiger partial charge in [-0.3, -0.25) is 4.79 Å². The minimum absolute atomic E-state index is 0.291. The van der Waals surface area contributed by atoms with Crippen molar-refractivity contribution in [2.24, 2.45) is 23.5 Å². The van der Waals surface area contributed by atoms with Gasteiger partial charge in [0.25, 0.3) is 0 Å². The van der Waals surface area contributed by atoms with Gasteiger partial charge in [-0.15, -0.1) is 0 Å². The van der Waals surface area contributed by atoms with Gasteiger partial charge in [0.05, 0.1) is 0 Å². The Morgan fingerprint density at radius 2 is 2.07 bits per heavy atom. The topological polar surface area (TPSA) is 46.3 Å². The van der Waals surface area contributed by atoms with Gasteiger partial charge >= 0.3 is 0 Å². The molecule has 2 fully saturated rings. The summed E-state index contributed by atoms with van der Waals surface area (Å²) in [6.45, 7) is 5.92. The molecule has 2 aliphatic rings. The zero-order chi connectivity index (χ0) is 11.0. The SMILES string of the molecule is C[C@@H]1C[C@@H]1C(=O)N1CCC[C@@H](C)[C@@H]1CN. The Kier molecular flexibility index (Phi) is 3.01. The van der Waals surface area contributed by atoms with Crippen molar-refractivity contribution in [3.63, 3.8) is 0 Å². The highest BCUT2D eigenvalue weighted by Crippen LogP contribution is 2.40. The molecule has 4 atom stereocenters. The summed E-state index contributed by atoms with van der Waals surface area (Å²) in [6.07, 6.45) is 3.44. The number of carbonyl (C=O) groups is 1. The van der Waals surface area contributed by atoms with Gasteiger partial charge in [-0.25, -0.2) is 0 Å². The third-order valence-corrected chi connectivity index (χ3v) is 4.07. The van der Waals surface area contributed by atoms with Gasteiger partial charge in [0.1, 0.15) is 0 Å². The summed E-state index contributed by atoms with van der Waals surface area (Å²) in [5.41, 5.74) is 5.78. The lowest BCUT2D eigenvalue weighted by Gasteiger charge is -2.39. The molecule has 1 aliphatic heterocycles. The van der Waals surface area contributed by atoms with E-state index >= 15 is 0 Å². The molecular weight excluding hydrogens is 188 g/mol. The zero-order valence-electron chi connectivity index (χ0n) is 9.78. The number of hydrogen-bond donors (Lipinski definition) is 1. The number of nitrogens with zero attached hydrogens (tertiary/aromatic N) is 1. The van der Waals surface area contributed by atoms with Crippen LogP contribution in [0.2, 0.25) is 0 Å². The Balaban J connectivity index is 2.02. The summed E-state index contributed by atoms with van der Waals surface area (Å²) < 4.78 is 0. The van der Waals surface area contributed by atoms with Gasteiger partial charge in [0, 0.05) is 25.0 Å². The Morgan fingerprint density at radius 3 is 2.60 bits per heavy atom. The fourth-order valence-electron chi connectivity index (χ4n) is 2.76. The molecular formula is C12H22N2O. The first-order valence-corrected chi connectivity index (χ1v) is 6.15. The van der Waals surface area contributed by atoms with E-state index in [1.54, 1.807) is 0 Å². The van der Waals surface area contributed by atoms with E-state index in [-0.39, 0.29) is 0 Å². The molecule has 1 aliphatic carbocycles. The van der Waals surface area contributed by atoms with Gasteiger partial charge in [0.15, 0.2) is 0 Å². The first-order valence-electron chi connectivity index (χ1n) is 6.15. The van der Waals surface area contributed by atoms with Crippen molar-refractivity contribution in [1.82, 2.24) is 4.90 Å². The smallest absolute Gasteiger partial charge is 0.226 e. The maximum absolute atomic E-state index is 12.2. The van der Waals surface area contributed by atoms with E-state index < -0.39 is 0 Å². The maximum atomic E-state index is 12.2. The second-order valence-electron chi connectivity index (χ2n) is 5.27. The minimum atomic E-state index is 0.291. The summed E-state index contributed by atoms with van der Waals surface area (Å²) in [4.78, 5) is 14.2. The molecule has 1 heterocycles. The van der Waals surface area contributed by atoms with Crippen molar-refractivity contribution in [2.45, 2.75) is 39.2 Å². The maximum Gasteiger partial charge on any atom is 0.226 e. The van der Waals surface area contributed by atoms with Crippen LogP contribution in [0.4, 0.5) is 0 Å². The Hall–Kier alpha value is -0.570. The number of rotatable bonds is 2. The van der Waals surface area contributed by atoms with Gasteiger partial charge in [-0.2, -0.15) is 0 Å². The van der Waals surface area contributed by atoms with E-state index in [0.717, 1.165) is 19.4 Å². The second-order valence-corrected chi connectivity index (χ2v) is 5.27. The summed E-state index contributed by atoms with van der Waals surface area (Å²) in [7, 11) is 0.